The van der Waals surface area contributed by atoms with Crippen molar-refractivity contribution in [3.63, 3.8) is 0 Å². The van der Waals surface area contributed by atoms with Gasteiger partial charge in [0.15, 0.2) is 0 Å². The van der Waals surface area contributed by atoms with Gasteiger partial charge >= 0.3 is 0 Å². The van der Waals surface area contributed by atoms with Crippen molar-refractivity contribution in [2.75, 3.05) is 32.0 Å². The molecule has 0 amide bonds. The predicted molar refractivity (Wildman–Crippen MR) is 91.6 cm³/mol. The molecule has 0 atom stereocenters. The molecule has 0 unspecified atom stereocenters. The first kappa shape index (κ1) is 17.1. The summed E-state index contributed by atoms with van der Waals surface area (Å²) in [5.74, 6) is 2.03. The zero-order valence-corrected chi connectivity index (χ0v) is 14.4. The van der Waals surface area contributed by atoms with Gasteiger partial charge in [0.2, 0.25) is 5.71 Å². The van der Waals surface area contributed by atoms with E-state index in [-0.39, 0.29) is 12.7 Å². The molecule has 3 heterocycles. The van der Waals surface area contributed by atoms with Gasteiger partial charge in [0, 0.05) is 31.9 Å². The van der Waals surface area contributed by atoms with Crippen molar-refractivity contribution in [2.45, 2.75) is 45.8 Å². The van der Waals surface area contributed by atoms with Gasteiger partial charge in [0.25, 0.3) is 0 Å². The number of aliphatic hydroxyl groups excluding tert-OH is 1. The van der Waals surface area contributed by atoms with E-state index in [1.807, 2.05) is 13.8 Å². The Hall–Kier alpha value is -1.70. The summed E-state index contributed by atoms with van der Waals surface area (Å²) in [4.78, 5) is 11.3. The Bertz CT molecular complexity index is 693. The first-order chi connectivity index (χ1) is 11.6. The molecular formula is C17H26N4O3. The minimum atomic E-state index is 0.186. The monoisotopic (exact) mass is 334 g/mol. The highest BCUT2D eigenvalue weighted by molar-refractivity contribution is 5.88. The standard InChI is InChI=1S/C17H26N4O3/c1-11-12(2)24-17-15(11)16(18)19-14(20-17)10-21-6-4-13(5-7-21)23-9-3-8-22/h13,22H,3-10H2,1-2H3,(H2,18,19,20). The number of fused-ring (bicyclic) bond motifs is 1. The molecule has 3 rings (SSSR count). The molecule has 0 aromatic carbocycles. The van der Waals surface area contributed by atoms with Gasteiger partial charge < -0.3 is 20.0 Å². The van der Waals surface area contributed by atoms with E-state index in [2.05, 4.69) is 14.9 Å². The molecule has 24 heavy (non-hydrogen) atoms. The second-order valence-electron chi connectivity index (χ2n) is 6.41. The van der Waals surface area contributed by atoms with Crippen LogP contribution in [-0.4, -0.2) is 52.4 Å². The van der Waals surface area contributed by atoms with E-state index in [9.17, 15) is 0 Å². The summed E-state index contributed by atoms with van der Waals surface area (Å²) < 4.78 is 11.5. The Morgan fingerprint density at radius 2 is 2.04 bits per heavy atom. The number of aliphatic hydroxyl groups is 1. The lowest BCUT2D eigenvalue weighted by atomic mass is 10.1. The molecule has 1 aliphatic rings. The van der Waals surface area contributed by atoms with Crippen molar-refractivity contribution in [1.82, 2.24) is 14.9 Å². The van der Waals surface area contributed by atoms with Crippen molar-refractivity contribution in [1.29, 1.82) is 0 Å². The van der Waals surface area contributed by atoms with Crippen LogP contribution in [0.4, 0.5) is 5.82 Å². The van der Waals surface area contributed by atoms with Gasteiger partial charge in [0.05, 0.1) is 18.0 Å². The summed E-state index contributed by atoms with van der Waals surface area (Å²) in [6, 6.07) is 0. The number of ether oxygens (including phenoxy) is 1. The van der Waals surface area contributed by atoms with E-state index < -0.39 is 0 Å². The van der Waals surface area contributed by atoms with Crippen LogP contribution in [0.3, 0.4) is 0 Å². The fourth-order valence-corrected chi connectivity index (χ4v) is 3.15. The third-order valence-corrected chi connectivity index (χ3v) is 4.66. The van der Waals surface area contributed by atoms with E-state index in [4.69, 9.17) is 20.0 Å². The molecule has 1 aliphatic heterocycles. The molecule has 0 aliphatic carbocycles. The molecule has 0 bridgehead atoms. The lowest BCUT2D eigenvalue weighted by molar-refractivity contribution is 0.000357. The Morgan fingerprint density at radius 3 is 2.75 bits per heavy atom. The Balaban J connectivity index is 1.60. The first-order valence-electron chi connectivity index (χ1n) is 8.55. The van der Waals surface area contributed by atoms with Crippen molar-refractivity contribution in [3.05, 3.63) is 17.1 Å². The largest absolute Gasteiger partial charge is 0.443 e. The fourth-order valence-electron chi connectivity index (χ4n) is 3.15. The van der Waals surface area contributed by atoms with Crippen molar-refractivity contribution in [3.8, 4) is 0 Å². The normalized spacial score (nSPS) is 17.0. The summed E-state index contributed by atoms with van der Waals surface area (Å²) >= 11 is 0. The third-order valence-electron chi connectivity index (χ3n) is 4.66. The van der Waals surface area contributed by atoms with E-state index >= 15 is 0 Å². The molecule has 132 valence electrons. The van der Waals surface area contributed by atoms with Gasteiger partial charge in [-0.3, -0.25) is 4.90 Å². The van der Waals surface area contributed by atoms with E-state index in [1.54, 1.807) is 0 Å². The van der Waals surface area contributed by atoms with Gasteiger partial charge in [-0.15, -0.1) is 0 Å². The Morgan fingerprint density at radius 1 is 1.29 bits per heavy atom. The maximum atomic E-state index is 8.80. The lowest BCUT2D eigenvalue weighted by Crippen LogP contribution is -2.37. The topological polar surface area (TPSA) is 97.6 Å². The van der Waals surface area contributed by atoms with E-state index in [1.165, 1.54) is 0 Å². The van der Waals surface area contributed by atoms with E-state index in [0.717, 1.165) is 42.6 Å². The average molecular weight is 334 g/mol. The smallest absolute Gasteiger partial charge is 0.231 e. The number of hydrogen-bond acceptors (Lipinski definition) is 7. The predicted octanol–water partition coefficient (Wildman–Crippen LogP) is 1.79. The Kier molecular flexibility index (Phi) is 5.33. The summed E-state index contributed by atoms with van der Waals surface area (Å²) in [7, 11) is 0. The number of likely N-dealkylation sites (tertiary alicyclic amines) is 1. The fraction of sp³-hybridized carbons (Fsp3) is 0.647. The highest BCUT2D eigenvalue weighted by atomic mass is 16.5. The number of piperidine rings is 1. The number of furan rings is 1. The summed E-state index contributed by atoms with van der Waals surface area (Å²) in [5, 5.41) is 9.62. The van der Waals surface area contributed by atoms with Gasteiger partial charge in [-0.2, -0.15) is 4.98 Å². The van der Waals surface area contributed by atoms with Gasteiger partial charge in [-0.05, 0) is 33.1 Å². The molecule has 0 spiro atoms. The summed E-state index contributed by atoms with van der Waals surface area (Å²) in [6.07, 6.45) is 2.97. The lowest BCUT2D eigenvalue weighted by Gasteiger charge is -2.31. The zero-order valence-electron chi connectivity index (χ0n) is 14.4. The van der Waals surface area contributed by atoms with Gasteiger partial charge in [-0.25, -0.2) is 4.98 Å². The molecule has 2 aromatic heterocycles. The van der Waals surface area contributed by atoms with Crippen LogP contribution >= 0.6 is 0 Å². The van der Waals surface area contributed by atoms with Crippen LogP contribution < -0.4 is 5.73 Å². The number of aryl methyl sites for hydroxylation is 2. The molecule has 7 nitrogen and oxygen atoms in total. The minimum absolute atomic E-state index is 0.186. The van der Waals surface area contributed by atoms with E-state index in [0.29, 0.717) is 36.9 Å². The molecule has 1 saturated heterocycles. The number of aromatic nitrogens is 2. The van der Waals surface area contributed by atoms with Crippen molar-refractivity contribution in [2.24, 2.45) is 0 Å². The highest BCUT2D eigenvalue weighted by Crippen LogP contribution is 2.27. The van der Waals surface area contributed by atoms with Crippen LogP contribution in [0.15, 0.2) is 4.42 Å². The van der Waals surface area contributed by atoms with Crippen LogP contribution in [-0.2, 0) is 11.3 Å². The number of hydrogen-bond donors (Lipinski definition) is 2. The number of rotatable bonds is 6. The second-order valence-corrected chi connectivity index (χ2v) is 6.41. The summed E-state index contributed by atoms with van der Waals surface area (Å²) in [6.45, 7) is 7.27. The maximum Gasteiger partial charge on any atom is 0.231 e. The minimum Gasteiger partial charge on any atom is -0.443 e. The zero-order chi connectivity index (χ0) is 17.1. The number of anilines is 1. The highest BCUT2D eigenvalue weighted by Gasteiger charge is 2.21. The molecule has 1 fully saturated rings. The van der Waals surface area contributed by atoms with Crippen LogP contribution in [0.2, 0.25) is 0 Å². The molecular weight excluding hydrogens is 308 g/mol. The molecule has 2 aromatic rings. The molecule has 7 heteroatoms. The summed E-state index contributed by atoms with van der Waals surface area (Å²) in [5.41, 5.74) is 7.68. The quantitative estimate of drug-likeness (QED) is 0.777. The van der Waals surface area contributed by atoms with Crippen molar-refractivity contribution >= 4 is 16.9 Å². The van der Waals surface area contributed by atoms with Gasteiger partial charge in [-0.1, -0.05) is 0 Å². The van der Waals surface area contributed by atoms with Crippen LogP contribution in [0.25, 0.3) is 11.1 Å². The van der Waals surface area contributed by atoms with Crippen molar-refractivity contribution < 1.29 is 14.3 Å². The van der Waals surface area contributed by atoms with Crippen LogP contribution in [0.1, 0.15) is 36.4 Å². The Labute approximate surface area is 141 Å². The van der Waals surface area contributed by atoms with Crippen LogP contribution in [0, 0.1) is 13.8 Å². The third kappa shape index (κ3) is 3.68. The molecule has 0 radical (unpaired) electrons. The van der Waals surface area contributed by atoms with Gasteiger partial charge in [0.1, 0.15) is 17.4 Å². The molecule has 3 N–H and O–H groups in total. The molecule has 0 saturated carbocycles. The SMILES string of the molecule is Cc1oc2nc(CN3CCC(OCCCO)CC3)nc(N)c2c1C. The first-order valence-corrected chi connectivity index (χ1v) is 8.55. The maximum absolute atomic E-state index is 8.80. The average Bonchev–Trinajstić information content (AvgIpc) is 2.84. The number of nitrogens with zero attached hydrogens (tertiary/aromatic N) is 3. The number of nitrogen functional groups attached to an aromatic ring is 1. The van der Waals surface area contributed by atoms with Crippen LogP contribution in [0.5, 0.6) is 0 Å². The second kappa shape index (κ2) is 7.46. The number of nitrogens with two attached hydrogens (primary N) is 1.